The average molecular weight is 507 g/mol. The van der Waals surface area contributed by atoms with Crippen LogP contribution in [0, 0.1) is 17.1 Å². The number of hydrogen-bond donors (Lipinski definition) is 4. The molecule has 0 aliphatic rings. The van der Waals surface area contributed by atoms with Crippen molar-refractivity contribution in [3.8, 4) is 17.2 Å². The molecule has 3 aromatic heterocycles. The normalized spacial score (nSPS) is 11.6. The van der Waals surface area contributed by atoms with Gasteiger partial charge in [-0.05, 0) is 41.8 Å². The third kappa shape index (κ3) is 4.99. The van der Waals surface area contributed by atoms with Gasteiger partial charge in [-0.15, -0.1) is 0 Å². The van der Waals surface area contributed by atoms with Crippen LogP contribution in [0.15, 0.2) is 73.3 Å². The third-order valence-corrected chi connectivity index (χ3v) is 6.20. The largest absolute Gasteiger partial charge is 0.383 e. The summed E-state index contributed by atoms with van der Waals surface area (Å²) in [5.41, 5.74) is 10.8. The lowest BCUT2D eigenvalue weighted by Gasteiger charge is -2.16. The van der Waals surface area contributed by atoms with Crippen LogP contribution in [0.4, 0.5) is 16.0 Å². The Kier molecular flexibility index (Phi) is 6.65. The van der Waals surface area contributed by atoms with Crippen molar-refractivity contribution in [3.05, 3.63) is 101 Å². The topological polar surface area (TPSA) is 145 Å². The molecule has 10 heteroatoms. The molecule has 0 saturated carbocycles. The molecule has 0 aliphatic heterocycles. The Labute approximate surface area is 217 Å². The molecule has 0 aliphatic carbocycles. The van der Waals surface area contributed by atoms with Crippen molar-refractivity contribution in [3.63, 3.8) is 0 Å². The summed E-state index contributed by atoms with van der Waals surface area (Å²) in [5.74, 6) is 0.00241. The predicted octanol–water partition coefficient (Wildman–Crippen LogP) is 4.72. The number of aromatic amines is 1. The Hall–Kier alpha value is -5.30. The van der Waals surface area contributed by atoms with Crippen molar-refractivity contribution in [2.24, 2.45) is 0 Å². The van der Waals surface area contributed by atoms with Crippen LogP contribution in [-0.2, 0) is 6.54 Å². The zero-order valence-electron chi connectivity index (χ0n) is 20.4. The molecule has 0 spiro atoms. The highest BCUT2D eigenvalue weighted by Crippen LogP contribution is 2.30. The molecule has 0 saturated heterocycles. The molecule has 5 rings (SSSR count). The summed E-state index contributed by atoms with van der Waals surface area (Å²) in [6.07, 6.45) is 4.68. The number of nitrogens with one attached hydrogen (secondary N) is 3. The van der Waals surface area contributed by atoms with E-state index in [1.165, 1.54) is 30.7 Å². The summed E-state index contributed by atoms with van der Waals surface area (Å²) >= 11 is 0. The first-order chi connectivity index (χ1) is 18.4. The number of nitrogens with zero attached hydrogens (tertiary/aromatic N) is 4. The quantitative estimate of drug-likeness (QED) is 0.250. The Morgan fingerprint density at radius 3 is 2.63 bits per heavy atom. The smallest absolute Gasteiger partial charge is 0.255 e. The first kappa shape index (κ1) is 24.4. The minimum atomic E-state index is -0.400. The summed E-state index contributed by atoms with van der Waals surface area (Å²) < 4.78 is 13.3. The highest BCUT2D eigenvalue weighted by molar-refractivity contribution is 6.00. The van der Waals surface area contributed by atoms with Gasteiger partial charge in [0.2, 0.25) is 0 Å². The Balaban J connectivity index is 1.32. The lowest BCUT2D eigenvalue weighted by Crippen LogP contribution is -2.28. The number of halogens is 1. The Morgan fingerprint density at radius 2 is 1.89 bits per heavy atom. The number of aromatic nitrogens is 4. The van der Waals surface area contributed by atoms with E-state index in [1.807, 2.05) is 36.5 Å². The SMILES string of the molecule is C[C@H](NC(=O)c1cc(C#N)cnc1NCc1ccc(-c2c[nH]c3ncnc(N)c23)cc1)c1ccc(F)cc1. The first-order valence-electron chi connectivity index (χ1n) is 11.8. The molecule has 1 atom stereocenters. The van der Waals surface area contributed by atoms with Crippen molar-refractivity contribution in [2.45, 2.75) is 19.5 Å². The zero-order valence-corrected chi connectivity index (χ0v) is 20.4. The number of hydrogen-bond acceptors (Lipinski definition) is 7. The van der Waals surface area contributed by atoms with Gasteiger partial charge in [-0.3, -0.25) is 4.79 Å². The Morgan fingerprint density at radius 1 is 1.13 bits per heavy atom. The minimum absolute atomic E-state index is 0.240. The maximum absolute atomic E-state index is 13.3. The lowest BCUT2D eigenvalue weighted by molar-refractivity contribution is 0.0940. The van der Waals surface area contributed by atoms with Crippen molar-refractivity contribution in [1.29, 1.82) is 5.26 Å². The number of anilines is 2. The van der Waals surface area contributed by atoms with E-state index < -0.39 is 5.91 Å². The summed E-state index contributed by atoms with van der Waals surface area (Å²) in [6, 6.07) is 16.9. The number of pyridine rings is 1. The second-order valence-electron chi connectivity index (χ2n) is 8.71. The van der Waals surface area contributed by atoms with Crippen LogP contribution in [-0.4, -0.2) is 25.8 Å². The van der Waals surface area contributed by atoms with Crippen molar-refractivity contribution >= 4 is 28.6 Å². The van der Waals surface area contributed by atoms with Crippen molar-refractivity contribution in [2.75, 3.05) is 11.1 Å². The highest BCUT2D eigenvalue weighted by atomic mass is 19.1. The van der Waals surface area contributed by atoms with Gasteiger partial charge >= 0.3 is 0 Å². The van der Waals surface area contributed by atoms with E-state index in [0.29, 0.717) is 23.8 Å². The number of fused-ring (bicyclic) bond motifs is 1. The predicted molar refractivity (Wildman–Crippen MR) is 142 cm³/mol. The molecule has 9 nitrogen and oxygen atoms in total. The summed E-state index contributed by atoms with van der Waals surface area (Å²) in [6.45, 7) is 2.20. The van der Waals surface area contributed by atoms with Crippen LogP contribution < -0.4 is 16.4 Å². The minimum Gasteiger partial charge on any atom is -0.383 e. The fraction of sp³-hybridized carbons (Fsp3) is 0.107. The average Bonchev–Trinajstić information content (AvgIpc) is 3.38. The Bertz CT molecular complexity index is 1660. The van der Waals surface area contributed by atoms with E-state index in [-0.39, 0.29) is 23.0 Å². The molecule has 1 amide bonds. The van der Waals surface area contributed by atoms with E-state index in [4.69, 9.17) is 5.73 Å². The fourth-order valence-electron chi connectivity index (χ4n) is 4.15. The maximum atomic E-state index is 13.3. The molecule has 0 radical (unpaired) electrons. The molecule has 0 bridgehead atoms. The molecule has 0 unspecified atom stereocenters. The highest BCUT2D eigenvalue weighted by Gasteiger charge is 2.17. The molecule has 0 fully saturated rings. The van der Waals surface area contributed by atoms with E-state index in [0.717, 1.165) is 27.6 Å². The monoisotopic (exact) mass is 506 g/mol. The van der Waals surface area contributed by atoms with Gasteiger partial charge in [0, 0.05) is 24.5 Å². The molecule has 5 aromatic rings. The number of carbonyl (C=O) groups excluding carboxylic acids is 1. The van der Waals surface area contributed by atoms with Crippen LogP contribution >= 0.6 is 0 Å². The number of benzene rings is 2. The van der Waals surface area contributed by atoms with Gasteiger partial charge in [0.1, 0.15) is 35.5 Å². The molecular weight excluding hydrogens is 483 g/mol. The number of nitrogen functional groups attached to an aromatic ring is 1. The number of nitrogens with two attached hydrogens (primary N) is 1. The molecule has 5 N–H and O–H groups in total. The molecule has 3 heterocycles. The van der Waals surface area contributed by atoms with Gasteiger partial charge < -0.3 is 21.4 Å². The standard InChI is InChI=1S/C28H23FN8O/c1-16(19-6-8-21(29)9-7-19)37-28(38)22-10-18(11-30)13-33-26(22)32-12-17-2-4-20(5-3-17)23-14-34-27-24(23)25(31)35-15-36-27/h2-10,13-16H,12H2,1H3,(H,32,33)(H,37,38)(H3,31,34,35,36)/t16-/m0/s1. The van der Waals surface area contributed by atoms with Gasteiger partial charge in [-0.25, -0.2) is 19.3 Å². The number of nitriles is 1. The van der Waals surface area contributed by atoms with Gasteiger partial charge in [-0.1, -0.05) is 36.4 Å². The molecule has 38 heavy (non-hydrogen) atoms. The van der Waals surface area contributed by atoms with Crippen molar-refractivity contribution in [1.82, 2.24) is 25.3 Å². The summed E-state index contributed by atoms with van der Waals surface area (Å²) in [7, 11) is 0. The van der Waals surface area contributed by atoms with Gasteiger partial charge in [0.05, 0.1) is 22.6 Å². The zero-order chi connectivity index (χ0) is 26.6. The fourth-order valence-corrected chi connectivity index (χ4v) is 4.15. The van der Waals surface area contributed by atoms with E-state index in [9.17, 15) is 14.4 Å². The molecule has 2 aromatic carbocycles. The van der Waals surface area contributed by atoms with Gasteiger partial charge in [-0.2, -0.15) is 5.26 Å². The number of rotatable bonds is 7. The number of H-pyrrole nitrogens is 1. The molecule has 188 valence electrons. The lowest BCUT2D eigenvalue weighted by atomic mass is 10.0. The van der Waals surface area contributed by atoms with E-state index in [2.05, 4.69) is 30.6 Å². The summed E-state index contributed by atoms with van der Waals surface area (Å²) in [5, 5.41) is 16.2. The van der Waals surface area contributed by atoms with Crippen LogP contribution in [0.3, 0.4) is 0 Å². The molecular formula is C28H23FN8O. The third-order valence-electron chi connectivity index (χ3n) is 6.20. The van der Waals surface area contributed by atoms with E-state index in [1.54, 1.807) is 19.1 Å². The first-order valence-corrected chi connectivity index (χ1v) is 11.8. The maximum Gasteiger partial charge on any atom is 0.255 e. The second-order valence-corrected chi connectivity index (χ2v) is 8.71. The van der Waals surface area contributed by atoms with Crippen molar-refractivity contribution < 1.29 is 9.18 Å². The van der Waals surface area contributed by atoms with Crippen LogP contribution in [0.2, 0.25) is 0 Å². The number of amides is 1. The van der Waals surface area contributed by atoms with Crippen LogP contribution in [0.5, 0.6) is 0 Å². The number of carbonyl (C=O) groups is 1. The van der Waals surface area contributed by atoms with E-state index >= 15 is 0 Å². The van der Waals surface area contributed by atoms with Gasteiger partial charge in [0.25, 0.3) is 5.91 Å². The summed E-state index contributed by atoms with van der Waals surface area (Å²) in [4.78, 5) is 28.8. The van der Waals surface area contributed by atoms with Crippen LogP contribution in [0.25, 0.3) is 22.2 Å². The van der Waals surface area contributed by atoms with Crippen LogP contribution in [0.1, 0.15) is 40.0 Å². The second kappa shape index (κ2) is 10.4. The van der Waals surface area contributed by atoms with Gasteiger partial charge in [0.15, 0.2) is 0 Å².